The lowest BCUT2D eigenvalue weighted by Gasteiger charge is -1.97. The van der Waals surface area contributed by atoms with Crippen molar-refractivity contribution in [1.29, 1.82) is 0 Å². The van der Waals surface area contributed by atoms with Gasteiger partial charge in [0, 0.05) is 5.39 Å². The summed E-state index contributed by atoms with van der Waals surface area (Å²) < 4.78 is 0. The fourth-order valence-corrected chi connectivity index (χ4v) is 2.63. The molecule has 92 valence electrons. The molecule has 19 heavy (non-hydrogen) atoms. The number of aromatic amines is 1. The highest BCUT2D eigenvalue weighted by atomic mass is 35.5. The maximum absolute atomic E-state index is 6.21. The minimum absolute atomic E-state index is 0.503. The molecule has 0 aliphatic heterocycles. The number of aromatic nitrogens is 3. The fourth-order valence-electron chi connectivity index (χ4n) is 2.26. The van der Waals surface area contributed by atoms with Gasteiger partial charge in [0.05, 0.1) is 26.6 Å². The molecule has 2 heterocycles. The lowest BCUT2D eigenvalue weighted by Crippen LogP contribution is -1.84. The van der Waals surface area contributed by atoms with E-state index in [1.807, 2.05) is 30.3 Å². The Kier molecular flexibility index (Phi) is 2.22. The van der Waals surface area contributed by atoms with Crippen molar-refractivity contribution in [3.8, 4) is 0 Å². The molecule has 1 N–H and O–H groups in total. The first-order valence-electron chi connectivity index (χ1n) is 5.76. The highest BCUT2D eigenvalue weighted by Gasteiger charge is 2.12. The molecule has 0 radical (unpaired) electrons. The molecule has 4 aromatic rings. The van der Waals surface area contributed by atoms with Crippen LogP contribution in [0.25, 0.3) is 33.1 Å². The van der Waals surface area contributed by atoms with Gasteiger partial charge < -0.3 is 4.98 Å². The SMILES string of the molecule is Clc1ccc2c([nH]c3nc4ccccc4nc32)c1Cl. The Hall–Kier alpha value is -1.84. The molecular weight excluding hydrogens is 281 g/mol. The second-order valence-electron chi connectivity index (χ2n) is 4.32. The van der Waals surface area contributed by atoms with Gasteiger partial charge >= 0.3 is 0 Å². The van der Waals surface area contributed by atoms with Gasteiger partial charge in [0.2, 0.25) is 0 Å². The average molecular weight is 288 g/mol. The predicted octanol–water partition coefficient (Wildman–Crippen LogP) is 4.57. The van der Waals surface area contributed by atoms with E-state index in [1.165, 1.54) is 0 Å². The molecule has 0 fully saturated rings. The Balaban J connectivity index is 2.25. The summed E-state index contributed by atoms with van der Waals surface area (Å²) in [5.41, 5.74) is 4.02. The van der Waals surface area contributed by atoms with Gasteiger partial charge in [-0.15, -0.1) is 0 Å². The van der Waals surface area contributed by atoms with Crippen LogP contribution in [0.1, 0.15) is 0 Å². The fraction of sp³-hybridized carbons (Fsp3) is 0. The third-order valence-corrected chi connectivity index (χ3v) is 3.97. The van der Waals surface area contributed by atoms with Crippen molar-refractivity contribution in [2.24, 2.45) is 0 Å². The third kappa shape index (κ3) is 1.52. The normalized spacial score (nSPS) is 11.7. The molecule has 0 bridgehead atoms. The largest absolute Gasteiger partial charge is 0.337 e. The van der Waals surface area contributed by atoms with Crippen LogP contribution in [0.5, 0.6) is 0 Å². The molecule has 0 unspecified atom stereocenters. The van der Waals surface area contributed by atoms with Gasteiger partial charge in [-0.25, -0.2) is 9.97 Å². The summed E-state index contributed by atoms with van der Waals surface area (Å²) in [6.45, 7) is 0. The maximum Gasteiger partial charge on any atom is 0.157 e. The minimum Gasteiger partial charge on any atom is -0.337 e. The summed E-state index contributed by atoms with van der Waals surface area (Å²) in [5, 5.41) is 1.95. The van der Waals surface area contributed by atoms with E-state index in [0.717, 1.165) is 33.1 Å². The van der Waals surface area contributed by atoms with Crippen LogP contribution in [0.3, 0.4) is 0 Å². The van der Waals surface area contributed by atoms with Crippen molar-refractivity contribution in [2.75, 3.05) is 0 Å². The van der Waals surface area contributed by atoms with E-state index in [0.29, 0.717) is 10.0 Å². The molecule has 2 aromatic heterocycles. The maximum atomic E-state index is 6.21. The van der Waals surface area contributed by atoms with E-state index in [4.69, 9.17) is 23.2 Å². The minimum atomic E-state index is 0.503. The van der Waals surface area contributed by atoms with E-state index < -0.39 is 0 Å². The zero-order valence-corrected chi connectivity index (χ0v) is 11.1. The van der Waals surface area contributed by atoms with Crippen molar-refractivity contribution in [1.82, 2.24) is 15.0 Å². The van der Waals surface area contributed by atoms with Gasteiger partial charge in [-0.3, -0.25) is 0 Å². The second kappa shape index (κ2) is 3.83. The summed E-state index contributed by atoms with van der Waals surface area (Å²) in [4.78, 5) is 12.4. The number of hydrogen-bond donors (Lipinski definition) is 1. The Labute approximate surface area is 118 Å². The van der Waals surface area contributed by atoms with Crippen LogP contribution in [0.2, 0.25) is 10.0 Å². The number of fused-ring (bicyclic) bond motifs is 4. The second-order valence-corrected chi connectivity index (χ2v) is 5.10. The molecule has 4 rings (SSSR count). The quantitative estimate of drug-likeness (QED) is 0.515. The predicted molar refractivity (Wildman–Crippen MR) is 78.9 cm³/mol. The highest BCUT2D eigenvalue weighted by Crippen LogP contribution is 2.33. The van der Waals surface area contributed by atoms with Gasteiger partial charge in [0.1, 0.15) is 5.52 Å². The molecule has 0 aliphatic carbocycles. The Morgan fingerprint density at radius 2 is 1.63 bits per heavy atom. The molecule has 2 aromatic carbocycles. The first-order chi connectivity index (χ1) is 9.24. The number of hydrogen-bond acceptors (Lipinski definition) is 2. The first-order valence-corrected chi connectivity index (χ1v) is 6.52. The summed E-state index contributed by atoms with van der Waals surface area (Å²) in [6, 6.07) is 11.4. The summed E-state index contributed by atoms with van der Waals surface area (Å²) >= 11 is 12.2. The number of nitrogens with one attached hydrogen (secondary N) is 1. The Morgan fingerprint density at radius 1 is 0.895 bits per heavy atom. The number of nitrogens with zero attached hydrogens (tertiary/aromatic N) is 2. The van der Waals surface area contributed by atoms with Crippen molar-refractivity contribution in [3.05, 3.63) is 46.4 Å². The zero-order chi connectivity index (χ0) is 13.0. The van der Waals surface area contributed by atoms with Gasteiger partial charge in [0.25, 0.3) is 0 Å². The van der Waals surface area contributed by atoms with Gasteiger partial charge in [-0.2, -0.15) is 0 Å². The van der Waals surface area contributed by atoms with Crippen LogP contribution in [0, 0.1) is 0 Å². The van der Waals surface area contributed by atoms with Crippen LogP contribution < -0.4 is 0 Å². The van der Waals surface area contributed by atoms with Crippen LogP contribution in [0.15, 0.2) is 36.4 Å². The summed E-state index contributed by atoms with van der Waals surface area (Å²) in [6.07, 6.45) is 0. The molecule has 0 spiro atoms. The van der Waals surface area contributed by atoms with Crippen molar-refractivity contribution in [2.45, 2.75) is 0 Å². The lowest BCUT2D eigenvalue weighted by atomic mass is 10.2. The Bertz CT molecular complexity index is 944. The average Bonchev–Trinajstić information content (AvgIpc) is 2.79. The topological polar surface area (TPSA) is 41.6 Å². The van der Waals surface area contributed by atoms with E-state index in [1.54, 1.807) is 6.07 Å². The molecule has 0 saturated carbocycles. The molecule has 3 nitrogen and oxygen atoms in total. The number of rotatable bonds is 0. The lowest BCUT2D eigenvalue weighted by molar-refractivity contribution is 1.36. The molecule has 0 atom stereocenters. The molecule has 0 aliphatic rings. The van der Waals surface area contributed by atoms with Crippen LogP contribution in [0.4, 0.5) is 0 Å². The van der Waals surface area contributed by atoms with Gasteiger partial charge in [-0.05, 0) is 24.3 Å². The molecular formula is C14H7Cl2N3. The number of benzene rings is 2. The number of halogens is 2. The Morgan fingerprint density at radius 3 is 2.42 bits per heavy atom. The van der Waals surface area contributed by atoms with Crippen LogP contribution in [-0.2, 0) is 0 Å². The third-order valence-electron chi connectivity index (χ3n) is 3.16. The van der Waals surface area contributed by atoms with E-state index in [-0.39, 0.29) is 0 Å². The zero-order valence-electron chi connectivity index (χ0n) is 9.61. The van der Waals surface area contributed by atoms with Gasteiger partial charge in [0.15, 0.2) is 5.65 Å². The molecule has 5 heteroatoms. The molecule has 0 amide bonds. The highest BCUT2D eigenvalue weighted by molar-refractivity contribution is 6.45. The van der Waals surface area contributed by atoms with Gasteiger partial charge in [-0.1, -0.05) is 35.3 Å². The number of para-hydroxylation sites is 2. The molecule has 0 saturated heterocycles. The number of H-pyrrole nitrogens is 1. The summed E-state index contributed by atoms with van der Waals surface area (Å²) in [5.74, 6) is 0. The summed E-state index contributed by atoms with van der Waals surface area (Å²) in [7, 11) is 0. The van der Waals surface area contributed by atoms with E-state index in [2.05, 4.69) is 15.0 Å². The van der Waals surface area contributed by atoms with E-state index >= 15 is 0 Å². The smallest absolute Gasteiger partial charge is 0.157 e. The standard InChI is InChI=1S/C14H7Cl2N3/c15-8-6-5-7-12(11(8)16)19-14-13(7)17-9-3-1-2-4-10(9)18-14/h1-6H,(H,18,19). The van der Waals surface area contributed by atoms with Crippen molar-refractivity contribution < 1.29 is 0 Å². The van der Waals surface area contributed by atoms with Crippen LogP contribution in [-0.4, -0.2) is 15.0 Å². The van der Waals surface area contributed by atoms with Crippen molar-refractivity contribution in [3.63, 3.8) is 0 Å². The first kappa shape index (κ1) is 11.0. The van der Waals surface area contributed by atoms with E-state index in [9.17, 15) is 0 Å². The van der Waals surface area contributed by atoms with Crippen LogP contribution >= 0.6 is 23.2 Å². The van der Waals surface area contributed by atoms with Crippen molar-refractivity contribution >= 4 is 56.3 Å². The monoisotopic (exact) mass is 287 g/mol.